The molecule has 0 spiro atoms. The van der Waals surface area contributed by atoms with Gasteiger partial charge in [0.15, 0.2) is 5.76 Å². The van der Waals surface area contributed by atoms with Crippen molar-refractivity contribution in [2.24, 2.45) is 0 Å². The second-order valence-electron chi connectivity index (χ2n) is 3.99. The monoisotopic (exact) mass is 230 g/mol. The first-order chi connectivity index (χ1) is 8.06. The van der Waals surface area contributed by atoms with E-state index in [9.17, 15) is 0 Å². The number of allylic oxidation sites excluding steroid dienone is 1. The predicted octanol–water partition coefficient (Wildman–Crippen LogP) is 2.02. The molecule has 0 radical (unpaired) electrons. The minimum atomic E-state index is 0.336. The van der Waals surface area contributed by atoms with Gasteiger partial charge in [0, 0.05) is 12.5 Å². The number of pyridine rings is 1. The van der Waals surface area contributed by atoms with E-state index in [0.717, 1.165) is 11.3 Å². The summed E-state index contributed by atoms with van der Waals surface area (Å²) in [6.45, 7) is 5.76. The number of nitrogen functional groups attached to an aromatic ring is 2. The van der Waals surface area contributed by atoms with Crippen molar-refractivity contribution in [3.8, 4) is 11.3 Å². The molecule has 5 nitrogen and oxygen atoms in total. The normalized spacial score (nSPS) is 10.4. The van der Waals surface area contributed by atoms with Crippen LogP contribution in [0.5, 0.6) is 0 Å². The van der Waals surface area contributed by atoms with Crippen molar-refractivity contribution < 1.29 is 4.52 Å². The third-order valence-corrected chi connectivity index (χ3v) is 2.25. The zero-order valence-corrected chi connectivity index (χ0v) is 9.60. The molecule has 2 rings (SSSR count). The second kappa shape index (κ2) is 4.29. The summed E-state index contributed by atoms with van der Waals surface area (Å²) in [5.41, 5.74) is 13.8. The lowest BCUT2D eigenvalue weighted by molar-refractivity contribution is 0.425. The van der Waals surface area contributed by atoms with Gasteiger partial charge in [0.25, 0.3) is 0 Å². The number of hydrogen-bond donors (Lipinski definition) is 2. The average molecular weight is 230 g/mol. The summed E-state index contributed by atoms with van der Waals surface area (Å²) in [6, 6.07) is 5.27. The SMILES string of the molecule is C=C(C)Cc1cc(-c2ccc(N)nc2N)on1. The van der Waals surface area contributed by atoms with Gasteiger partial charge in [-0.15, -0.1) is 0 Å². The minimum Gasteiger partial charge on any atom is -0.384 e. The molecule has 0 amide bonds. The summed E-state index contributed by atoms with van der Waals surface area (Å²) in [7, 11) is 0. The van der Waals surface area contributed by atoms with Gasteiger partial charge in [-0.1, -0.05) is 17.3 Å². The molecule has 17 heavy (non-hydrogen) atoms. The molecule has 2 aromatic rings. The van der Waals surface area contributed by atoms with Crippen LogP contribution >= 0.6 is 0 Å². The fraction of sp³-hybridized carbons (Fsp3) is 0.167. The lowest BCUT2D eigenvalue weighted by Gasteiger charge is -2.00. The molecular weight excluding hydrogens is 216 g/mol. The summed E-state index contributed by atoms with van der Waals surface area (Å²) in [4.78, 5) is 3.97. The van der Waals surface area contributed by atoms with Gasteiger partial charge in [-0.25, -0.2) is 4.98 Å². The molecule has 0 aliphatic rings. The Labute approximate surface area is 99.1 Å². The quantitative estimate of drug-likeness (QED) is 0.787. The van der Waals surface area contributed by atoms with Gasteiger partial charge in [0.2, 0.25) is 0 Å². The van der Waals surface area contributed by atoms with Crippen molar-refractivity contribution >= 4 is 11.6 Å². The summed E-state index contributed by atoms with van der Waals surface area (Å²) in [5.74, 6) is 1.31. The molecule has 2 heterocycles. The van der Waals surface area contributed by atoms with Crippen LogP contribution in [0.2, 0.25) is 0 Å². The van der Waals surface area contributed by atoms with E-state index in [0.29, 0.717) is 29.4 Å². The summed E-state index contributed by atoms with van der Waals surface area (Å²) in [6.07, 6.45) is 0.686. The van der Waals surface area contributed by atoms with Gasteiger partial charge in [-0.05, 0) is 19.1 Å². The van der Waals surface area contributed by atoms with Gasteiger partial charge < -0.3 is 16.0 Å². The van der Waals surface area contributed by atoms with Crippen LogP contribution in [-0.4, -0.2) is 10.1 Å². The number of rotatable bonds is 3. The molecule has 0 saturated carbocycles. The topological polar surface area (TPSA) is 91.0 Å². The lowest BCUT2D eigenvalue weighted by Crippen LogP contribution is -1.97. The van der Waals surface area contributed by atoms with Gasteiger partial charge in [0.05, 0.1) is 11.3 Å². The number of nitrogens with zero attached hydrogens (tertiary/aromatic N) is 2. The number of aromatic nitrogens is 2. The van der Waals surface area contributed by atoms with E-state index in [-0.39, 0.29) is 0 Å². The van der Waals surface area contributed by atoms with Crippen LogP contribution in [0.3, 0.4) is 0 Å². The zero-order valence-electron chi connectivity index (χ0n) is 9.60. The number of hydrogen-bond acceptors (Lipinski definition) is 5. The van der Waals surface area contributed by atoms with Gasteiger partial charge in [-0.3, -0.25) is 0 Å². The fourth-order valence-electron chi connectivity index (χ4n) is 1.53. The highest BCUT2D eigenvalue weighted by atomic mass is 16.5. The Morgan fingerprint density at radius 1 is 1.41 bits per heavy atom. The first-order valence-electron chi connectivity index (χ1n) is 5.18. The molecule has 0 atom stereocenters. The molecule has 0 unspecified atom stereocenters. The maximum absolute atomic E-state index is 5.77. The van der Waals surface area contributed by atoms with Crippen LogP contribution in [0.1, 0.15) is 12.6 Å². The molecule has 0 bridgehead atoms. The standard InChI is InChI=1S/C12H14N4O/c1-7(2)5-8-6-10(17-16-8)9-3-4-11(13)15-12(9)14/h3-4,6H,1,5H2,2H3,(H4,13,14,15). The van der Waals surface area contributed by atoms with E-state index in [1.807, 2.05) is 13.0 Å². The van der Waals surface area contributed by atoms with Crippen molar-refractivity contribution in [2.45, 2.75) is 13.3 Å². The maximum atomic E-state index is 5.77. The Morgan fingerprint density at radius 2 is 2.18 bits per heavy atom. The van der Waals surface area contributed by atoms with Crippen LogP contribution in [0, 0.1) is 0 Å². The lowest BCUT2D eigenvalue weighted by atomic mass is 10.1. The molecule has 0 fully saturated rings. The van der Waals surface area contributed by atoms with Crippen molar-refractivity contribution in [2.75, 3.05) is 11.5 Å². The van der Waals surface area contributed by atoms with Crippen molar-refractivity contribution in [3.63, 3.8) is 0 Å². The summed E-state index contributed by atoms with van der Waals surface area (Å²) in [5, 5.41) is 3.95. The Morgan fingerprint density at radius 3 is 2.82 bits per heavy atom. The van der Waals surface area contributed by atoms with Crippen LogP contribution in [0.15, 0.2) is 34.9 Å². The van der Waals surface area contributed by atoms with E-state index < -0.39 is 0 Å². The second-order valence-corrected chi connectivity index (χ2v) is 3.99. The average Bonchev–Trinajstić information content (AvgIpc) is 2.65. The third-order valence-electron chi connectivity index (χ3n) is 2.25. The molecular formula is C12H14N4O. The Balaban J connectivity index is 2.33. The highest BCUT2D eigenvalue weighted by molar-refractivity contribution is 5.71. The molecule has 88 valence electrons. The highest BCUT2D eigenvalue weighted by Crippen LogP contribution is 2.26. The van der Waals surface area contributed by atoms with Gasteiger partial charge in [0.1, 0.15) is 11.6 Å². The number of anilines is 2. The van der Waals surface area contributed by atoms with E-state index in [1.54, 1.807) is 12.1 Å². The largest absolute Gasteiger partial charge is 0.384 e. The van der Waals surface area contributed by atoms with Crippen LogP contribution in [0.25, 0.3) is 11.3 Å². The Bertz CT molecular complexity index is 559. The van der Waals surface area contributed by atoms with Crippen LogP contribution in [0.4, 0.5) is 11.6 Å². The third kappa shape index (κ3) is 2.44. The first kappa shape index (κ1) is 11.2. The zero-order chi connectivity index (χ0) is 12.4. The fourth-order valence-corrected chi connectivity index (χ4v) is 1.53. The van der Waals surface area contributed by atoms with E-state index >= 15 is 0 Å². The molecule has 0 aliphatic heterocycles. The van der Waals surface area contributed by atoms with E-state index in [1.165, 1.54) is 0 Å². The highest BCUT2D eigenvalue weighted by Gasteiger charge is 2.10. The maximum Gasteiger partial charge on any atom is 0.170 e. The van der Waals surface area contributed by atoms with Crippen molar-refractivity contribution in [1.29, 1.82) is 0 Å². The molecule has 0 saturated heterocycles. The van der Waals surface area contributed by atoms with E-state index in [4.69, 9.17) is 16.0 Å². The Kier molecular flexibility index (Phi) is 2.82. The molecule has 2 aromatic heterocycles. The van der Waals surface area contributed by atoms with Crippen LogP contribution < -0.4 is 11.5 Å². The predicted molar refractivity (Wildman–Crippen MR) is 67.1 cm³/mol. The van der Waals surface area contributed by atoms with Gasteiger partial charge in [-0.2, -0.15) is 0 Å². The minimum absolute atomic E-state index is 0.336. The summed E-state index contributed by atoms with van der Waals surface area (Å²) >= 11 is 0. The smallest absolute Gasteiger partial charge is 0.170 e. The molecule has 5 heteroatoms. The van der Waals surface area contributed by atoms with Crippen molar-refractivity contribution in [3.05, 3.63) is 36.0 Å². The van der Waals surface area contributed by atoms with Crippen molar-refractivity contribution in [1.82, 2.24) is 10.1 Å². The van der Waals surface area contributed by atoms with Crippen LogP contribution in [-0.2, 0) is 6.42 Å². The van der Waals surface area contributed by atoms with Gasteiger partial charge >= 0.3 is 0 Å². The number of nitrogens with two attached hydrogens (primary N) is 2. The Hall–Kier alpha value is -2.30. The summed E-state index contributed by atoms with van der Waals surface area (Å²) < 4.78 is 5.22. The molecule has 0 aliphatic carbocycles. The van der Waals surface area contributed by atoms with E-state index in [2.05, 4.69) is 16.7 Å². The first-order valence-corrected chi connectivity index (χ1v) is 5.18. The molecule has 0 aromatic carbocycles. The molecule has 4 N–H and O–H groups in total.